The van der Waals surface area contributed by atoms with Crippen LogP contribution >= 0.6 is 0 Å². The van der Waals surface area contributed by atoms with Crippen molar-refractivity contribution in [1.29, 1.82) is 0 Å². The lowest BCUT2D eigenvalue weighted by Crippen LogP contribution is -1.92. The molecule has 2 N–H and O–H groups in total. The Kier molecular flexibility index (Phi) is 3.08. The number of hydrogen-bond acceptors (Lipinski definition) is 4. The van der Waals surface area contributed by atoms with E-state index in [0.29, 0.717) is 12.3 Å². The fourth-order valence-electron chi connectivity index (χ4n) is 1.94. The third kappa shape index (κ3) is 2.39. The summed E-state index contributed by atoms with van der Waals surface area (Å²) in [6, 6.07) is 13.9. The molecule has 0 aliphatic heterocycles. The second-order valence-electron chi connectivity index (χ2n) is 4.21. The number of rotatable bonds is 3. The fourth-order valence-corrected chi connectivity index (χ4v) is 1.94. The van der Waals surface area contributed by atoms with Crippen LogP contribution in [0.25, 0.3) is 22.4 Å². The summed E-state index contributed by atoms with van der Waals surface area (Å²) in [5, 5.41) is 4.02. The summed E-state index contributed by atoms with van der Waals surface area (Å²) in [6.07, 6.45) is 3.60. The van der Waals surface area contributed by atoms with Crippen LogP contribution in [-0.2, 0) is 6.54 Å². The van der Waals surface area contributed by atoms with Crippen LogP contribution in [0.15, 0.2) is 59.4 Å². The van der Waals surface area contributed by atoms with Crippen molar-refractivity contribution in [3.8, 4) is 22.4 Å². The van der Waals surface area contributed by atoms with Crippen LogP contribution < -0.4 is 5.73 Å². The van der Waals surface area contributed by atoms with E-state index in [1.165, 1.54) is 0 Å². The first-order valence-electron chi connectivity index (χ1n) is 6.03. The van der Waals surface area contributed by atoms with Gasteiger partial charge in [0.15, 0.2) is 5.76 Å². The maximum Gasteiger partial charge on any atom is 0.150 e. The van der Waals surface area contributed by atoms with Crippen LogP contribution in [0.3, 0.4) is 0 Å². The minimum atomic E-state index is 0.356. The summed E-state index contributed by atoms with van der Waals surface area (Å²) in [5.74, 6) is 0.682. The first-order valence-corrected chi connectivity index (χ1v) is 6.03. The van der Waals surface area contributed by atoms with Crippen molar-refractivity contribution >= 4 is 0 Å². The highest BCUT2D eigenvalue weighted by atomic mass is 16.5. The molecular weight excluding hydrogens is 238 g/mol. The Morgan fingerprint density at radius 1 is 1.00 bits per heavy atom. The summed E-state index contributed by atoms with van der Waals surface area (Å²) >= 11 is 0. The van der Waals surface area contributed by atoms with Gasteiger partial charge >= 0.3 is 0 Å². The number of pyridine rings is 1. The van der Waals surface area contributed by atoms with Gasteiger partial charge in [-0.25, -0.2) is 0 Å². The van der Waals surface area contributed by atoms with E-state index >= 15 is 0 Å². The van der Waals surface area contributed by atoms with Crippen LogP contribution in [-0.4, -0.2) is 10.1 Å². The fraction of sp³-hybridized carbons (Fsp3) is 0.0667. The number of nitrogens with zero attached hydrogens (tertiary/aromatic N) is 2. The van der Waals surface area contributed by atoms with E-state index in [1.807, 2.05) is 42.6 Å². The van der Waals surface area contributed by atoms with Crippen molar-refractivity contribution in [2.75, 3.05) is 0 Å². The molecule has 1 aromatic carbocycles. The summed E-state index contributed by atoms with van der Waals surface area (Å²) in [5.41, 5.74) is 9.50. The molecule has 0 amide bonds. The standard InChI is InChI=1S/C15H13N3O/c16-9-14-8-15(18-19-14)12-4-1-3-11(7-12)13-5-2-6-17-10-13/h1-8,10H,9,16H2. The van der Waals surface area contributed by atoms with Crippen LogP contribution in [0, 0.1) is 0 Å². The second kappa shape index (κ2) is 5.04. The van der Waals surface area contributed by atoms with E-state index < -0.39 is 0 Å². The van der Waals surface area contributed by atoms with Gasteiger partial charge in [-0.2, -0.15) is 0 Å². The molecule has 0 aliphatic carbocycles. The summed E-state index contributed by atoms with van der Waals surface area (Å²) in [4.78, 5) is 4.13. The molecule has 4 heteroatoms. The molecule has 0 atom stereocenters. The maximum atomic E-state index is 5.52. The maximum absolute atomic E-state index is 5.52. The lowest BCUT2D eigenvalue weighted by molar-refractivity contribution is 0.387. The molecule has 3 rings (SSSR count). The molecule has 94 valence electrons. The van der Waals surface area contributed by atoms with Gasteiger partial charge in [0.2, 0.25) is 0 Å². The molecule has 3 aromatic rings. The van der Waals surface area contributed by atoms with Gasteiger partial charge < -0.3 is 10.3 Å². The number of hydrogen-bond donors (Lipinski definition) is 1. The Bertz CT molecular complexity index is 677. The Morgan fingerprint density at radius 2 is 1.84 bits per heavy atom. The van der Waals surface area contributed by atoms with Gasteiger partial charge in [-0.3, -0.25) is 4.98 Å². The minimum absolute atomic E-state index is 0.356. The third-order valence-corrected chi connectivity index (χ3v) is 2.91. The van der Waals surface area contributed by atoms with Gasteiger partial charge in [0.1, 0.15) is 5.69 Å². The van der Waals surface area contributed by atoms with E-state index in [0.717, 1.165) is 22.4 Å². The van der Waals surface area contributed by atoms with Crippen LogP contribution in [0.4, 0.5) is 0 Å². The van der Waals surface area contributed by atoms with Crippen LogP contribution in [0.1, 0.15) is 5.76 Å². The zero-order valence-electron chi connectivity index (χ0n) is 10.3. The van der Waals surface area contributed by atoms with E-state index in [1.54, 1.807) is 6.20 Å². The lowest BCUT2D eigenvalue weighted by Gasteiger charge is -2.02. The molecule has 4 nitrogen and oxygen atoms in total. The Hall–Kier alpha value is -2.46. The molecule has 0 radical (unpaired) electrons. The zero-order valence-corrected chi connectivity index (χ0v) is 10.3. The smallest absolute Gasteiger partial charge is 0.150 e. The largest absolute Gasteiger partial charge is 0.359 e. The Balaban J connectivity index is 2.00. The second-order valence-corrected chi connectivity index (χ2v) is 4.21. The van der Waals surface area contributed by atoms with Crippen molar-refractivity contribution in [3.05, 3.63) is 60.6 Å². The summed E-state index contributed by atoms with van der Waals surface area (Å²) in [6.45, 7) is 0.356. The average Bonchev–Trinajstić information content (AvgIpc) is 2.97. The molecule has 0 saturated heterocycles. The minimum Gasteiger partial charge on any atom is -0.359 e. The molecule has 0 saturated carbocycles. The molecule has 2 aromatic heterocycles. The molecule has 0 bridgehead atoms. The van der Waals surface area contributed by atoms with Gasteiger partial charge in [-0.05, 0) is 17.7 Å². The van der Waals surface area contributed by atoms with Gasteiger partial charge in [0.05, 0.1) is 6.54 Å². The molecule has 19 heavy (non-hydrogen) atoms. The van der Waals surface area contributed by atoms with E-state index in [4.69, 9.17) is 10.3 Å². The monoisotopic (exact) mass is 251 g/mol. The normalized spacial score (nSPS) is 10.6. The zero-order chi connectivity index (χ0) is 13.1. The van der Waals surface area contributed by atoms with Crippen molar-refractivity contribution < 1.29 is 4.52 Å². The Morgan fingerprint density at radius 3 is 2.58 bits per heavy atom. The lowest BCUT2D eigenvalue weighted by atomic mass is 10.0. The van der Waals surface area contributed by atoms with Gasteiger partial charge in [0.25, 0.3) is 0 Å². The topological polar surface area (TPSA) is 64.9 Å². The molecule has 0 fully saturated rings. The van der Waals surface area contributed by atoms with Gasteiger partial charge in [-0.15, -0.1) is 0 Å². The Labute approximate surface area is 110 Å². The average molecular weight is 251 g/mol. The molecule has 0 unspecified atom stereocenters. The highest BCUT2D eigenvalue weighted by molar-refractivity contribution is 5.70. The van der Waals surface area contributed by atoms with Crippen molar-refractivity contribution in [1.82, 2.24) is 10.1 Å². The third-order valence-electron chi connectivity index (χ3n) is 2.91. The SMILES string of the molecule is NCc1cc(-c2cccc(-c3cccnc3)c2)no1. The quantitative estimate of drug-likeness (QED) is 0.777. The highest BCUT2D eigenvalue weighted by Crippen LogP contribution is 2.25. The van der Waals surface area contributed by atoms with Crippen molar-refractivity contribution in [3.63, 3.8) is 0 Å². The number of benzene rings is 1. The molecule has 0 aliphatic rings. The summed E-state index contributed by atoms with van der Waals surface area (Å²) < 4.78 is 5.13. The molecular formula is C15H13N3O. The first-order chi connectivity index (χ1) is 9.36. The van der Waals surface area contributed by atoms with Crippen LogP contribution in [0.2, 0.25) is 0 Å². The molecule has 2 heterocycles. The van der Waals surface area contributed by atoms with Crippen molar-refractivity contribution in [2.24, 2.45) is 5.73 Å². The van der Waals surface area contributed by atoms with E-state index in [2.05, 4.69) is 16.2 Å². The molecule has 0 spiro atoms. The summed E-state index contributed by atoms with van der Waals surface area (Å²) in [7, 11) is 0. The highest BCUT2D eigenvalue weighted by Gasteiger charge is 2.06. The van der Waals surface area contributed by atoms with Gasteiger partial charge in [0, 0.05) is 29.6 Å². The van der Waals surface area contributed by atoms with Crippen LogP contribution in [0.5, 0.6) is 0 Å². The van der Waals surface area contributed by atoms with E-state index in [9.17, 15) is 0 Å². The number of aromatic nitrogens is 2. The van der Waals surface area contributed by atoms with Gasteiger partial charge in [-0.1, -0.05) is 29.4 Å². The number of nitrogens with two attached hydrogens (primary N) is 1. The van der Waals surface area contributed by atoms with Crippen molar-refractivity contribution in [2.45, 2.75) is 6.54 Å². The van der Waals surface area contributed by atoms with E-state index in [-0.39, 0.29) is 0 Å². The predicted octanol–water partition coefficient (Wildman–Crippen LogP) is 2.86. The predicted molar refractivity (Wildman–Crippen MR) is 73.1 cm³/mol. The first kappa shape index (κ1) is 11.6.